The maximum Gasteiger partial charge on any atom is 0.174 e. The first kappa shape index (κ1) is 20.1. The minimum absolute atomic E-state index is 0.0200. The SMILES string of the molecule is CCOc1ccc(N2C(=S)NC(c3ccccn3)C2c2cc(C)n(C3CC3)c2C)cc1. The topological polar surface area (TPSA) is 42.3 Å². The average molecular weight is 433 g/mol. The zero-order valence-corrected chi connectivity index (χ0v) is 19.0. The van der Waals surface area contributed by atoms with Gasteiger partial charge in [-0.05, 0) is 93.9 Å². The van der Waals surface area contributed by atoms with Crippen LogP contribution >= 0.6 is 12.2 Å². The minimum atomic E-state index is -0.0200. The fraction of sp³-hybridized carbons (Fsp3) is 0.360. The van der Waals surface area contributed by atoms with Gasteiger partial charge in [0, 0.05) is 29.3 Å². The van der Waals surface area contributed by atoms with Gasteiger partial charge in [-0.25, -0.2) is 0 Å². The molecule has 5 rings (SSSR count). The number of aryl methyl sites for hydroxylation is 1. The van der Waals surface area contributed by atoms with Gasteiger partial charge < -0.3 is 19.5 Å². The van der Waals surface area contributed by atoms with Crippen LogP contribution in [0.25, 0.3) is 0 Å². The fourth-order valence-electron chi connectivity index (χ4n) is 4.82. The third-order valence-electron chi connectivity index (χ3n) is 6.28. The van der Waals surface area contributed by atoms with Crippen LogP contribution in [-0.2, 0) is 0 Å². The van der Waals surface area contributed by atoms with Gasteiger partial charge in [0.2, 0.25) is 0 Å². The lowest BCUT2D eigenvalue weighted by atomic mass is 9.96. The Morgan fingerprint density at radius 2 is 1.90 bits per heavy atom. The first-order valence-electron chi connectivity index (χ1n) is 11.0. The molecule has 2 aliphatic rings. The van der Waals surface area contributed by atoms with E-state index in [0.29, 0.717) is 12.6 Å². The molecule has 1 aliphatic carbocycles. The Morgan fingerprint density at radius 1 is 1.13 bits per heavy atom. The molecule has 6 heteroatoms. The Bertz CT molecular complexity index is 1090. The Morgan fingerprint density at radius 3 is 2.55 bits per heavy atom. The molecular weight excluding hydrogens is 404 g/mol. The second kappa shape index (κ2) is 8.00. The molecule has 3 aromatic rings. The molecule has 0 spiro atoms. The normalized spacial score (nSPS) is 20.7. The molecule has 160 valence electrons. The number of hydrogen-bond donors (Lipinski definition) is 1. The van der Waals surface area contributed by atoms with Gasteiger partial charge in [-0.2, -0.15) is 0 Å². The maximum atomic E-state index is 5.86. The molecule has 0 radical (unpaired) electrons. The fourth-order valence-corrected chi connectivity index (χ4v) is 5.16. The number of pyridine rings is 1. The number of thiocarbonyl (C=S) groups is 1. The third kappa shape index (κ3) is 3.59. The van der Waals surface area contributed by atoms with Gasteiger partial charge >= 0.3 is 0 Å². The molecule has 1 aromatic carbocycles. The summed E-state index contributed by atoms with van der Waals surface area (Å²) < 4.78 is 8.15. The van der Waals surface area contributed by atoms with Crippen LogP contribution in [0.2, 0.25) is 0 Å². The van der Waals surface area contributed by atoms with Crippen LogP contribution in [0.3, 0.4) is 0 Å². The van der Waals surface area contributed by atoms with E-state index in [9.17, 15) is 0 Å². The van der Waals surface area contributed by atoms with E-state index >= 15 is 0 Å². The second-order valence-electron chi connectivity index (χ2n) is 8.35. The first-order chi connectivity index (χ1) is 15.1. The van der Waals surface area contributed by atoms with E-state index in [-0.39, 0.29) is 12.1 Å². The van der Waals surface area contributed by atoms with E-state index in [1.54, 1.807) is 0 Å². The summed E-state index contributed by atoms with van der Waals surface area (Å²) in [4.78, 5) is 6.91. The van der Waals surface area contributed by atoms with E-state index in [4.69, 9.17) is 17.0 Å². The van der Waals surface area contributed by atoms with Gasteiger partial charge in [-0.15, -0.1) is 0 Å². The molecule has 3 heterocycles. The van der Waals surface area contributed by atoms with Crippen molar-refractivity contribution in [3.05, 3.63) is 77.4 Å². The van der Waals surface area contributed by atoms with Crippen molar-refractivity contribution in [3.63, 3.8) is 0 Å². The second-order valence-corrected chi connectivity index (χ2v) is 8.74. The van der Waals surface area contributed by atoms with Crippen LogP contribution < -0.4 is 15.0 Å². The van der Waals surface area contributed by atoms with Crippen molar-refractivity contribution >= 4 is 23.0 Å². The van der Waals surface area contributed by atoms with Crippen molar-refractivity contribution in [1.29, 1.82) is 0 Å². The molecule has 5 nitrogen and oxygen atoms in total. The van der Waals surface area contributed by atoms with Gasteiger partial charge in [0.15, 0.2) is 5.11 Å². The molecule has 1 saturated carbocycles. The summed E-state index contributed by atoms with van der Waals surface area (Å²) in [6.45, 7) is 7.11. The Balaban J connectivity index is 1.61. The molecule has 0 amide bonds. The Kier molecular flexibility index (Phi) is 5.18. The van der Waals surface area contributed by atoms with Crippen LogP contribution in [0, 0.1) is 13.8 Å². The van der Waals surface area contributed by atoms with Gasteiger partial charge in [0.05, 0.1) is 24.4 Å². The number of aromatic nitrogens is 2. The highest BCUT2D eigenvalue weighted by Crippen LogP contribution is 2.46. The van der Waals surface area contributed by atoms with Crippen LogP contribution in [0.5, 0.6) is 5.75 Å². The maximum absolute atomic E-state index is 5.86. The van der Waals surface area contributed by atoms with Crippen LogP contribution in [0.4, 0.5) is 5.69 Å². The number of benzene rings is 1. The summed E-state index contributed by atoms with van der Waals surface area (Å²) in [7, 11) is 0. The number of rotatable bonds is 6. The van der Waals surface area contributed by atoms with Crippen LogP contribution in [0.1, 0.15) is 60.5 Å². The van der Waals surface area contributed by atoms with Gasteiger partial charge in [0.1, 0.15) is 5.75 Å². The smallest absolute Gasteiger partial charge is 0.174 e. The molecule has 2 aromatic heterocycles. The van der Waals surface area contributed by atoms with Crippen molar-refractivity contribution in [2.75, 3.05) is 11.5 Å². The number of anilines is 1. The lowest BCUT2D eigenvalue weighted by Crippen LogP contribution is -2.29. The number of hydrogen-bond acceptors (Lipinski definition) is 3. The molecule has 2 atom stereocenters. The third-order valence-corrected chi connectivity index (χ3v) is 6.59. The standard InChI is InChI=1S/C25H28N4OS/c1-4-30-20-12-10-19(11-13-20)29-24(21-15-16(2)28(17(21)3)18-8-9-18)23(27-25(29)31)22-7-5-6-14-26-22/h5-7,10-15,18,23-24H,4,8-9H2,1-3H3,(H,27,31). The van der Waals surface area contributed by atoms with Crippen molar-refractivity contribution in [3.8, 4) is 5.75 Å². The predicted molar refractivity (Wildman–Crippen MR) is 128 cm³/mol. The Hall–Kier alpha value is -2.86. The molecule has 31 heavy (non-hydrogen) atoms. The van der Waals surface area contributed by atoms with Crippen molar-refractivity contribution in [2.24, 2.45) is 0 Å². The van der Waals surface area contributed by atoms with Gasteiger partial charge in [-0.3, -0.25) is 4.98 Å². The van der Waals surface area contributed by atoms with Crippen LogP contribution in [0.15, 0.2) is 54.7 Å². The number of nitrogens with one attached hydrogen (secondary N) is 1. The van der Waals surface area contributed by atoms with Crippen molar-refractivity contribution in [2.45, 2.75) is 51.7 Å². The zero-order chi connectivity index (χ0) is 21.5. The van der Waals surface area contributed by atoms with E-state index in [0.717, 1.165) is 22.2 Å². The van der Waals surface area contributed by atoms with E-state index < -0.39 is 0 Å². The summed E-state index contributed by atoms with van der Waals surface area (Å²) in [6.07, 6.45) is 4.39. The highest BCUT2D eigenvalue weighted by atomic mass is 32.1. The molecule has 1 N–H and O–H groups in total. The molecular formula is C25H28N4OS. The van der Waals surface area contributed by atoms with Gasteiger partial charge in [-0.1, -0.05) is 6.07 Å². The van der Waals surface area contributed by atoms with Crippen LogP contribution in [-0.4, -0.2) is 21.3 Å². The largest absolute Gasteiger partial charge is 0.494 e. The number of ether oxygens (including phenoxy) is 1. The van der Waals surface area contributed by atoms with Crippen molar-refractivity contribution in [1.82, 2.24) is 14.9 Å². The van der Waals surface area contributed by atoms with E-state index in [1.807, 2.05) is 37.4 Å². The summed E-state index contributed by atoms with van der Waals surface area (Å²) in [6, 6.07) is 17.3. The lowest BCUT2D eigenvalue weighted by molar-refractivity contribution is 0.340. The first-order valence-corrected chi connectivity index (χ1v) is 11.4. The zero-order valence-electron chi connectivity index (χ0n) is 18.2. The summed E-state index contributed by atoms with van der Waals surface area (Å²) in [5, 5.41) is 4.29. The lowest BCUT2D eigenvalue weighted by Gasteiger charge is -2.28. The minimum Gasteiger partial charge on any atom is -0.494 e. The highest BCUT2D eigenvalue weighted by molar-refractivity contribution is 7.80. The predicted octanol–water partition coefficient (Wildman–Crippen LogP) is 5.41. The molecule has 2 unspecified atom stereocenters. The molecule has 2 fully saturated rings. The van der Waals surface area contributed by atoms with E-state index in [1.165, 1.54) is 29.8 Å². The van der Waals surface area contributed by atoms with Gasteiger partial charge in [0.25, 0.3) is 0 Å². The molecule has 0 bridgehead atoms. The summed E-state index contributed by atoms with van der Waals surface area (Å²) in [5.41, 5.74) is 6.01. The monoisotopic (exact) mass is 432 g/mol. The van der Waals surface area contributed by atoms with Crippen molar-refractivity contribution < 1.29 is 4.74 Å². The molecule has 1 saturated heterocycles. The summed E-state index contributed by atoms with van der Waals surface area (Å²) >= 11 is 5.86. The summed E-state index contributed by atoms with van der Waals surface area (Å²) in [5.74, 6) is 0.870. The Labute approximate surface area is 189 Å². The molecule has 1 aliphatic heterocycles. The number of nitrogens with zero attached hydrogens (tertiary/aromatic N) is 3. The highest BCUT2D eigenvalue weighted by Gasteiger charge is 2.42. The van der Waals surface area contributed by atoms with E-state index in [2.05, 4.69) is 57.9 Å². The average Bonchev–Trinajstić information content (AvgIpc) is 3.49. The quantitative estimate of drug-likeness (QED) is 0.528.